The van der Waals surface area contributed by atoms with Gasteiger partial charge < -0.3 is 37.9 Å². The van der Waals surface area contributed by atoms with Crippen molar-refractivity contribution in [1.29, 1.82) is 0 Å². The zero-order valence-corrected chi connectivity index (χ0v) is 19.4. The first-order chi connectivity index (χ1) is 15.7. The van der Waals surface area contributed by atoms with Gasteiger partial charge in [0.15, 0.2) is 0 Å². The van der Waals surface area contributed by atoms with Crippen molar-refractivity contribution < 1.29 is 37.9 Å². The standard InChI is InChI=1S/C24H38O8/c1-19-23-17-27-15-21-3-5-22(6-4-21)16-28-18-24(32-14-10-25-7-11-29-19)20(2)30-12-8-26-9-13-31-23/h3-6,19-20,23-24H,7-18H2,1-2H3/t19-,20-,23-,24-/m0/s1. The lowest BCUT2D eigenvalue weighted by molar-refractivity contribution is -0.132. The molecule has 8 heteroatoms. The summed E-state index contributed by atoms with van der Waals surface area (Å²) in [5, 5.41) is 0. The first-order valence-electron chi connectivity index (χ1n) is 11.6. The molecular formula is C24H38O8. The fourth-order valence-electron chi connectivity index (χ4n) is 3.48. The van der Waals surface area contributed by atoms with Crippen molar-refractivity contribution in [2.24, 2.45) is 0 Å². The van der Waals surface area contributed by atoms with Crippen LogP contribution in [0.25, 0.3) is 0 Å². The van der Waals surface area contributed by atoms with E-state index in [1.807, 2.05) is 13.8 Å². The Morgan fingerprint density at radius 1 is 0.500 bits per heavy atom. The molecule has 0 spiro atoms. The molecule has 0 aliphatic carbocycles. The van der Waals surface area contributed by atoms with Crippen LogP contribution in [0.15, 0.2) is 24.3 Å². The molecule has 8 nitrogen and oxygen atoms in total. The molecule has 1 aromatic rings. The van der Waals surface area contributed by atoms with E-state index in [0.29, 0.717) is 79.3 Å². The van der Waals surface area contributed by atoms with Crippen LogP contribution in [0, 0.1) is 0 Å². The first kappa shape index (κ1) is 25.5. The predicted molar refractivity (Wildman–Crippen MR) is 118 cm³/mol. The Hall–Kier alpha value is -1.10. The summed E-state index contributed by atoms with van der Waals surface area (Å²) in [5.41, 5.74) is 2.20. The van der Waals surface area contributed by atoms with Gasteiger partial charge in [-0.25, -0.2) is 0 Å². The first-order valence-corrected chi connectivity index (χ1v) is 11.6. The zero-order valence-electron chi connectivity index (χ0n) is 19.4. The van der Waals surface area contributed by atoms with Crippen molar-refractivity contribution in [2.45, 2.75) is 51.5 Å². The summed E-state index contributed by atoms with van der Waals surface area (Å²) in [6.45, 7) is 9.70. The minimum Gasteiger partial charge on any atom is -0.377 e. The van der Waals surface area contributed by atoms with Gasteiger partial charge in [0, 0.05) is 0 Å². The Morgan fingerprint density at radius 2 is 0.875 bits per heavy atom. The van der Waals surface area contributed by atoms with E-state index in [4.69, 9.17) is 37.9 Å². The lowest BCUT2D eigenvalue weighted by Crippen LogP contribution is -2.36. The van der Waals surface area contributed by atoms with Gasteiger partial charge in [-0.3, -0.25) is 0 Å². The molecule has 5 aliphatic rings. The molecule has 4 atom stereocenters. The quantitative estimate of drug-likeness (QED) is 0.592. The maximum atomic E-state index is 6.03. The van der Waals surface area contributed by atoms with Gasteiger partial charge in [0.2, 0.25) is 0 Å². The fraction of sp³-hybridized carbons (Fsp3) is 0.750. The predicted octanol–water partition coefficient (Wildman–Crippen LogP) is 2.36. The second-order valence-corrected chi connectivity index (χ2v) is 8.04. The molecule has 5 heterocycles. The Kier molecular flexibility index (Phi) is 11.9. The molecule has 4 bridgehead atoms. The van der Waals surface area contributed by atoms with Gasteiger partial charge >= 0.3 is 0 Å². The van der Waals surface area contributed by atoms with E-state index in [-0.39, 0.29) is 24.4 Å². The molecule has 0 saturated carbocycles. The van der Waals surface area contributed by atoms with Gasteiger partial charge in [0.1, 0.15) is 12.2 Å². The molecule has 0 amide bonds. The minimum atomic E-state index is -0.198. The van der Waals surface area contributed by atoms with Gasteiger partial charge in [0.25, 0.3) is 0 Å². The van der Waals surface area contributed by atoms with Crippen LogP contribution < -0.4 is 0 Å². The smallest absolute Gasteiger partial charge is 0.107 e. The van der Waals surface area contributed by atoms with E-state index >= 15 is 0 Å². The summed E-state index contributed by atoms with van der Waals surface area (Å²) in [6, 6.07) is 8.26. The molecular weight excluding hydrogens is 416 g/mol. The average molecular weight is 455 g/mol. The number of rotatable bonds is 0. The molecule has 6 rings (SSSR count). The summed E-state index contributed by atoms with van der Waals surface area (Å²) in [4.78, 5) is 0. The van der Waals surface area contributed by atoms with Crippen LogP contribution in [0.2, 0.25) is 0 Å². The van der Waals surface area contributed by atoms with Crippen molar-refractivity contribution >= 4 is 0 Å². The number of hydrogen-bond donors (Lipinski definition) is 0. The largest absolute Gasteiger partial charge is 0.377 e. The second-order valence-electron chi connectivity index (χ2n) is 8.04. The summed E-state index contributed by atoms with van der Waals surface area (Å²) in [5.74, 6) is 0. The third-order valence-corrected chi connectivity index (χ3v) is 5.51. The SMILES string of the molecule is C[C@@H]1OCCOCCO[C@H]2COCc3ccc(cc3)COC[C@@H]1OCCOCCO[C@H]2C. The van der Waals surface area contributed by atoms with Gasteiger partial charge in [-0.15, -0.1) is 0 Å². The highest BCUT2D eigenvalue weighted by atomic mass is 16.6. The van der Waals surface area contributed by atoms with Gasteiger partial charge in [0.05, 0.1) is 91.5 Å². The molecule has 0 radical (unpaired) electrons. The van der Waals surface area contributed by atoms with Crippen LogP contribution >= 0.6 is 0 Å². The maximum absolute atomic E-state index is 6.03. The van der Waals surface area contributed by atoms with Crippen molar-refractivity contribution in [1.82, 2.24) is 0 Å². The minimum absolute atomic E-state index is 0.132. The van der Waals surface area contributed by atoms with Crippen molar-refractivity contribution in [3.63, 3.8) is 0 Å². The highest BCUT2D eigenvalue weighted by Crippen LogP contribution is 2.12. The topological polar surface area (TPSA) is 73.8 Å². The third-order valence-electron chi connectivity index (χ3n) is 5.51. The summed E-state index contributed by atoms with van der Waals surface area (Å²) in [6.07, 6.45) is -0.660. The highest BCUT2D eigenvalue weighted by molar-refractivity contribution is 5.21. The molecule has 182 valence electrons. The Bertz CT molecular complexity index is 558. The number of hydrogen-bond acceptors (Lipinski definition) is 8. The number of benzene rings is 1. The average Bonchev–Trinajstić information content (AvgIpc) is 2.80. The summed E-state index contributed by atoms with van der Waals surface area (Å²) < 4.78 is 47.2. The molecule has 0 N–H and O–H groups in total. The maximum Gasteiger partial charge on any atom is 0.107 e. The number of ether oxygens (including phenoxy) is 8. The van der Waals surface area contributed by atoms with Crippen LogP contribution in [0.1, 0.15) is 25.0 Å². The van der Waals surface area contributed by atoms with E-state index in [9.17, 15) is 0 Å². The monoisotopic (exact) mass is 454 g/mol. The molecule has 32 heavy (non-hydrogen) atoms. The Labute approximate surface area is 191 Å². The van der Waals surface area contributed by atoms with Crippen LogP contribution in [0.3, 0.4) is 0 Å². The van der Waals surface area contributed by atoms with Gasteiger partial charge in [-0.2, -0.15) is 0 Å². The normalized spacial score (nSPS) is 30.8. The van der Waals surface area contributed by atoms with E-state index in [2.05, 4.69) is 24.3 Å². The van der Waals surface area contributed by atoms with Crippen molar-refractivity contribution in [3.8, 4) is 0 Å². The highest BCUT2D eigenvalue weighted by Gasteiger charge is 2.21. The molecule has 5 aliphatic heterocycles. The molecule has 1 aromatic carbocycles. The van der Waals surface area contributed by atoms with Crippen molar-refractivity contribution in [3.05, 3.63) is 35.4 Å². The molecule has 0 unspecified atom stereocenters. The van der Waals surface area contributed by atoms with Crippen LogP contribution in [0.5, 0.6) is 0 Å². The van der Waals surface area contributed by atoms with Crippen LogP contribution in [0.4, 0.5) is 0 Å². The second kappa shape index (κ2) is 14.9. The molecule has 1 saturated heterocycles. The van der Waals surface area contributed by atoms with E-state index in [0.717, 1.165) is 11.1 Å². The van der Waals surface area contributed by atoms with Crippen LogP contribution in [-0.2, 0) is 51.1 Å². The Morgan fingerprint density at radius 3 is 1.28 bits per heavy atom. The lowest BCUT2D eigenvalue weighted by Gasteiger charge is -2.26. The van der Waals surface area contributed by atoms with Crippen LogP contribution in [-0.4, -0.2) is 90.5 Å². The summed E-state index contributed by atoms with van der Waals surface area (Å²) >= 11 is 0. The third kappa shape index (κ3) is 9.41. The zero-order chi connectivity index (χ0) is 22.4. The van der Waals surface area contributed by atoms with E-state index in [1.165, 1.54) is 0 Å². The van der Waals surface area contributed by atoms with Gasteiger partial charge in [-0.1, -0.05) is 24.3 Å². The van der Waals surface area contributed by atoms with E-state index in [1.54, 1.807) is 0 Å². The molecule has 1 fully saturated rings. The fourth-order valence-corrected chi connectivity index (χ4v) is 3.48. The summed E-state index contributed by atoms with van der Waals surface area (Å²) in [7, 11) is 0. The van der Waals surface area contributed by atoms with Crippen molar-refractivity contribution in [2.75, 3.05) is 66.1 Å². The van der Waals surface area contributed by atoms with E-state index < -0.39 is 0 Å². The Balaban J connectivity index is 1.71. The lowest BCUT2D eigenvalue weighted by atomic mass is 10.1. The van der Waals surface area contributed by atoms with Gasteiger partial charge in [-0.05, 0) is 25.0 Å². The molecule has 0 aromatic heterocycles.